The minimum Gasteiger partial charge on any atom is -0.497 e. The van der Waals surface area contributed by atoms with Gasteiger partial charge in [-0.2, -0.15) is 5.10 Å². The van der Waals surface area contributed by atoms with E-state index in [4.69, 9.17) is 24.3 Å². The molecule has 0 atom stereocenters. The molecule has 0 fully saturated rings. The van der Waals surface area contributed by atoms with Gasteiger partial charge in [0.1, 0.15) is 41.4 Å². The third-order valence-corrected chi connectivity index (χ3v) is 8.99. The van der Waals surface area contributed by atoms with Crippen LogP contribution in [0, 0.1) is 0 Å². The number of nitrogens with zero attached hydrogens (tertiary/aromatic N) is 6. The maximum absolute atomic E-state index is 13.1. The van der Waals surface area contributed by atoms with Crippen molar-refractivity contribution in [1.82, 2.24) is 29.2 Å². The Balaban J connectivity index is 1.49. The fraction of sp³-hybridized carbons (Fsp3) is 0.484. The summed E-state index contributed by atoms with van der Waals surface area (Å²) in [6.45, 7) is 15.4. The Morgan fingerprint density at radius 2 is 1.81 bits per heavy atom. The number of hydrogen-bond acceptors (Lipinski definition) is 7. The quantitative estimate of drug-likeness (QED) is 0.175. The highest BCUT2D eigenvalue weighted by molar-refractivity contribution is 6.76. The molecule has 1 amide bonds. The summed E-state index contributed by atoms with van der Waals surface area (Å²) in [5, 5.41) is 6.01. The molecule has 4 aromatic rings. The van der Waals surface area contributed by atoms with Gasteiger partial charge in [0.25, 0.3) is 0 Å². The summed E-state index contributed by atoms with van der Waals surface area (Å²) >= 11 is 0. The van der Waals surface area contributed by atoms with Crippen LogP contribution in [0.1, 0.15) is 37.6 Å². The fourth-order valence-corrected chi connectivity index (χ4v) is 5.79. The summed E-state index contributed by atoms with van der Waals surface area (Å²) in [6, 6.07) is 11.1. The highest BCUT2D eigenvalue weighted by Gasteiger charge is 2.32. The van der Waals surface area contributed by atoms with Crippen molar-refractivity contribution in [2.75, 3.05) is 20.3 Å². The van der Waals surface area contributed by atoms with E-state index in [1.807, 2.05) is 66.5 Å². The van der Waals surface area contributed by atoms with E-state index in [0.717, 1.165) is 57.6 Å². The van der Waals surface area contributed by atoms with Crippen LogP contribution in [0.15, 0.2) is 42.9 Å². The highest BCUT2D eigenvalue weighted by Crippen LogP contribution is 2.34. The van der Waals surface area contributed by atoms with Crippen molar-refractivity contribution in [3.63, 3.8) is 0 Å². The molecule has 0 saturated carbocycles. The molecule has 4 heterocycles. The molecule has 0 saturated heterocycles. The van der Waals surface area contributed by atoms with E-state index in [0.29, 0.717) is 32.8 Å². The SMILES string of the molecule is COc1ccc(Cn2nc(-c3ncnc4c3ccn4COCC[Si](C)(C)C)c3c2CCN(C(=O)OC(C)(C)C)C3)cc1. The monoisotopic (exact) mass is 590 g/mol. The summed E-state index contributed by atoms with van der Waals surface area (Å²) in [4.78, 5) is 24.1. The van der Waals surface area contributed by atoms with Crippen LogP contribution < -0.4 is 4.74 Å². The lowest BCUT2D eigenvalue weighted by molar-refractivity contribution is 0.0223. The van der Waals surface area contributed by atoms with E-state index < -0.39 is 13.7 Å². The van der Waals surface area contributed by atoms with E-state index in [-0.39, 0.29) is 6.09 Å². The second kappa shape index (κ2) is 11.9. The van der Waals surface area contributed by atoms with Gasteiger partial charge in [0.05, 0.1) is 20.2 Å². The minimum atomic E-state index is -1.17. The van der Waals surface area contributed by atoms with Gasteiger partial charge in [-0.1, -0.05) is 31.8 Å². The van der Waals surface area contributed by atoms with Crippen LogP contribution in [-0.2, 0) is 35.7 Å². The van der Waals surface area contributed by atoms with Gasteiger partial charge in [0, 0.05) is 50.5 Å². The van der Waals surface area contributed by atoms with Crippen LogP contribution in [0.3, 0.4) is 0 Å². The second-order valence-corrected chi connectivity index (χ2v) is 18.6. The number of amides is 1. The molecular formula is C31H42N6O4Si. The maximum atomic E-state index is 13.1. The third-order valence-electron chi connectivity index (χ3n) is 7.28. The fourth-order valence-electron chi connectivity index (χ4n) is 5.04. The molecule has 1 aromatic carbocycles. The standard InChI is InChI=1S/C31H42N6O4Si/c1-31(2,3)41-30(38)35-15-13-26-25(19-35)28(34-37(26)18-22-8-10-23(39-4)11-9-22)27-24-12-14-36(29(24)33-20-32-27)21-40-16-17-42(5,6)7/h8-12,14,20H,13,15-19,21H2,1-7H3. The number of methoxy groups -OCH3 is 1. The molecular weight excluding hydrogens is 548 g/mol. The molecule has 0 unspecified atom stereocenters. The van der Waals surface area contributed by atoms with Crippen LogP contribution >= 0.6 is 0 Å². The van der Waals surface area contributed by atoms with Crippen molar-refractivity contribution in [2.45, 2.75) is 78.3 Å². The average Bonchev–Trinajstić information content (AvgIpc) is 3.51. The van der Waals surface area contributed by atoms with Crippen molar-refractivity contribution in [3.8, 4) is 17.1 Å². The van der Waals surface area contributed by atoms with Gasteiger partial charge in [-0.15, -0.1) is 0 Å². The molecule has 1 aliphatic rings. The first-order chi connectivity index (χ1) is 19.9. The van der Waals surface area contributed by atoms with E-state index in [1.165, 1.54) is 0 Å². The predicted molar refractivity (Wildman–Crippen MR) is 165 cm³/mol. The van der Waals surface area contributed by atoms with Crippen LogP contribution in [-0.4, -0.2) is 69.2 Å². The highest BCUT2D eigenvalue weighted by atomic mass is 28.3. The van der Waals surface area contributed by atoms with E-state index in [2.05, 4.69) is 24.6 Å². The number of hydrogen-bond donors (Lipinski definition) is 0. The molecule has 42 heavy (non-hydrogen) atoms. The molecule has 5 rings (SSSR count). The van der Waals surface area contributed by atoms with Crippen molar-refractivity contribution < 1.29 is 19.0 Å². The lowest BCUT2D eigenvalue weighted by atomic mass is 10.0. The van der Waals surface area contributed by atoms with Gasteiger partial charge in [0.2, 0.25) is 0 Å². The van der Waals surface area contributed by atoms with Gasteiger partial charge in [-0.3, -0.25) is 4.68 Å². The molecule has 0 aliphatic carbocycles. The molecule has 11 heteroatoms. The number of fused-ring (bicyclic) bond motifs is 2. The molecule has 0 bridgehead atoms. The zero-order valence-corrected chi connectivity index (χ0v) is 26.8. The van der Waals surface area contributed by atoms with Gasteiger partial charge < -0.3 is 23.7 Å². The molecule has 0 spiro atoms. The average molecular weight is 591 g/mol. The van der Waals surface area contributed by atoms with Gasteiger partial charge in [0.15, 0.2) is 0 Å². The first-order valence-corrected chi connectivity index (χ1v) is 18.2. The Morgan fingerprint density at radius 1 is 1.05 bits per heavy atom. The number of rotatable bonds is 9. The van der Waals surface area contributed by atoms with E-state index in [1.54, 1.807) is 18.3 Å². The minimum absolute atomic E-state index is 0.323. The number of ether oxygens (including phenoxy) is 3. The lowest BCUT2D eigenvalue weighted by Gasteiger charge is -2.30. The number of aromatic nitrogens is 5. The molecule has 3 aromatic heterocycles. The Morgan fingerprint density at radius 3 is 2.50 bits per heavy atom. The molecule has 0 N–H and O–H groups in total. The van der Waals surface area contributed by atoms with Crippen molar-refractivity contribution in [3.05, 3.63) is 59.7 Å². The zero-order valence-electron chi connectivity index (χ0n) is 25.8. The second-order valence-electron chi connectivity index (χ2n) is 13.0. The maximum Gasteiger partial charge on any atom is 0.410 e. The Labute approximate surface area is 248 Å². The van der Waals surface area contributed by atoms with Crippen molar-refractivity contribution in [2.24, 2.45) is 0 Å². The summed E-state index contributed by atoms with van der Waals surface area (Å²) in [7, 11) is 0.492. The van der Waals surface area contributed by atoms with E-state index in [9.17, 15) is 4.79 Å². The smallest absolute Gasteiger partial charge is 0.410 e. The third kappa shape index (κ3) is 6.84. The molecule has 0 radical (unpaired) electrons. The van der Waals surface area contributed by atoms with Crippen molar-refractivity contribution >= 4 is 25.2 Å². The zero-order chi connectivity index (χ0) is 30.1. The van der Waals surface area contributed by atoms with Crippen molar-refractivity contribution in [1.29, 1.82) is 0 Å². The topological polar surface area (TPSA) is 96.5 Å². The largest absolute Gasteiger partial charge is 0.497 e. The van der Waals surface area contributed by atoms with Gasteiger partial charge in [-0.25, -0.2) is 14.8 Å². The first kappa shape index (κ1) is 29.8. The van der Waals surface area contributed by atoms with Crippen LogP contribution in [0.4, 0.5) is 4.79 Å². The molecule has 10 nitrogen and oxygen atoms in total. The molecule has 224 valence electrons. The molecule has 1 aliphatic heterocycles. The Kier molecular flexibility index (Phi) is 8.43. The summed E-state index contributed by atoms with van der Waals surface area (Å²) in [5.41, 5.74) is 4.93. The Hall–Kier alpha value is -3.70. The van der Waals surface area contributed by atoms with Crippen LogP contribution in [0.25, 0.3) is 22.4 Å². The predicted octanol–water partition coefficient (Wildman–Crippen LogP) is 5.96. The van der Waals surface area contributed by atoms with Crippen LogP contribution in [0.5, 0.6) is 5.75 Å². The summed E-state index contributed by atoms with van der Waals surface area (Å²) < 4.78 is 21.1. The number of benzene rings is 1. The number of carbonyl (C=O) groups excluding carboxylic acids is 1. The van der Waals surface area contributed by atoms with Crippen LogP contribution in [0.2, 0.25) is 25.7 Å². The van der Waals surface area contributed by atoms with Gasteiger partial charge in [-0.05, 0) is 50.6 Å². The first-order valence-electron chi connectivity index (χ1n) is 14.5. The number of carbonyl (C=O) groups is 1. The van der Waals surface area contributed by atoms with E-state index >= 15 is 0 Å². The normalized spacial score (nSPS) is 13.8. The van der Waals surface area contributed by atoms with Gasteiger partial charge >= 0.3 is 6.09 Å². The Bertz CT molecular complexity index is 1550. The summed E-state index contributed by atoms with van der Waals surface area (Å²) in [6.07, 6.45) is 3.92. The summed E-state index contributed by atoms with van der Waals surface area (Å²) in [5.74, 6) is 0.812. The lowest BCUT2D eigenvalue weighted by Crippen LogP contribution is -2.40.